The SMILES string of the molecule is COc1ccccc1C(=O)N/N=C\c1cc(C)c(OCc2ccc(Cl)c(Cl)c2)c(C)c1. The second-order valence-corrected chi connectivity index (χ2v) is 7.73. The van der Waals surface area contributed by atoms with Crippen molar-refractivity contribution in [2.45, 2.75) is 20.5 Å². The molecule has 0 unspecified atom stereocenters. The number of para-hydroxylation sites is 1. The van der Waals surface area contributed by atoms with Crippen LogP contribution in [0.15, 0.2) is 59.7 Å². The van der Waals surface area contributed by atoms with Crippen molar-refractivity contribution < 1.29 is 14.3 Å². The van der Waals surface area contributed by atoms with Gasteiger partial charge in [-0.05, 0) is 72.5 Å². The van der Waals surface area contributed by atoms with Gasteiger partial charge in [0.15, 0.2) is 0 Å². The molecule has 5 nitrogen and oxygen atoms in total. The van der Waals surface area contributed by atoms with E-state index in [9.17, 15) is 4.79 Å². The molecular weight excluding hydrogens is 435 g/mol. The van der Waals surface area contributed by atoms with Crippen LogP contribution >= 0.6 is 23.2 Å². The summed E-state index contributed by atoms with van der Waals surface area (Å²) < 4.78 is 11.2. The van der Waals surface area contributed by atoms with Gasteiger partial charge in [0, 0.05) is 0 Å². The van der Waals surface area contributed by atoms with Gasteiger partial charge in [0.25, 0.3) is 5.91 Å². The average molecular weight is 457 g/mol. The summed E-state index contributed by atoms with van der Waals surface area (Å²) in [4.78, 5) is 12.3. The van der Waals surface area contributed by atoms with Gasteiger partial charge in [0.1, 0.15) is 18.1 Å². The van der Waals surface area contributed by atoms with E-state index < -0.39 is 0 Å². The zero-order valence-electron chi connectivity index (χ0n) is 17.4. The quantitative estimate of drug-likeness (QED) is 0.352. The number of hydrogen-bond acceptors (Lipinski definition) is 4. The number of hydrogen-bond donors (Lipinski definition) is 1. The van der Waals surface area contributed by atoms with E-state index in [1.54, 1.807) is 42.6 Å². The largest absolute Gasteiger partial charge is 0.496 e. The molecule has 0 aliphatic heterocycles. The maximum Gasteiger partial charge on any atom is 0.275 e. The van der Waals surface area contributed by atoms with Gasteiger partial charge in [0.2, 0.25) is 0 Å². The number of carbonyl (C=O) groups is 1. The number of rotatable bonds is 7. The molecule has 0 heterocycles. The molecule has 0 saturated heterocycles. The second kappa shape index (κ2) is 10.3. The highest BCUT2D eigenvalue weighted by atomic mass is 35.5. The number of halogens is 2. The number of hydrazone groups is 1. The first kappa shape index (κ1) is 22.7. The average Bonchev–Trinajstić information content (AvgIpc) is 2.75. The molecule has 0 bridgehead atoms. The Morgan fingerprint density at radius 3 is 2.42 bits per heavy atom. The number of nitrogens with zero attached hydrogens (tertiary/aromatic N) is 1. The molecule has 0 aliphatic carbocycles. The fourth-order valence-electron chi connectivity index (χ4n) is 3.13. The van der Waals surface area contributed by atoms with E-state index in [0.717, 1.165) is 28.0 Å². The summed E-state index contributed by atoms with van der Waals surface area (Å²) in [5.41, 5.74) is 6.63. The summed E-state index contributed by atoms with van der Waals surface area (Å²) in [7, 11) is 1.52. The van der Waals surface area contributed by atoms with E-state index in [2.05, 4.69) is 10.5 Å². The van der Waals surface area contributed by atoms with Gasteiger partial charge >= 0.3 is 0 Å². The minimum absolute atomic E-state index is 0.344. The van der Waals surface area contributed by atoms with E-state index in [-0.39, 0.29) is 5.91 Å². The molecule has 0 atom stereocenters. The second-order valence-electron chi connectivity index (χ2n) is 6.92. The van der Waals surface area contributed by atoms with E-state index in [0.29, 0.717) is 28.0 Å². The zero-order valence-corrected chi connectivity index (χ0v) is 18.9. The molecule has 3 rings (SSSR count). The van der Waals surface area contributed by atoms with Crippen molar-refractivity contribution in [2.75, 3.05) is 7.11 Å². The van der Waals surface area contributed by atoms with Gasteiger partial charge < -0.3 is 9.47 Å². The highest BCUT2D eigenvalue weighted by molar-refractivity contribution is 6.42. The van der Waals surface area contributed by atoms with Crippen LogP contribution in [0.25, 0.3) is 0 Å². The normalized spacial score (nSPS) is 10.9. The van der Waals surface area contributed by atoms with Crippen molar-refractivity contribution in [1.82, 2.24) is 5.43 Å². The minimum Gasteiger partial charge on any atom is -0.496 e. The number of methoxy groups -OCH3 is 1. The first-order valence-corrected chi connectivity index (χ1v) is 10.3. The molecule has 0 fully saturated rings. The lowest BCUT2D eigenvalue weighted by Gasteiger charge is -2.13. The third-order valence-electron chi connectivity index (χ3n) is 4.58. The summed E-state index contributed by atoms with van der Waals surface area (Å²) in [6.45, 7) is 4.30. The van der Waals surface area contributed by atoms with Crippen LogP contribution in [0.1, 0.15) is 32.6 Å². The highest BCUT2D eigenvalue weighted by Gasteiger charge is 2.11. The van der Waals surface area contributed by atoms with E-state index in [1.807, 2.05) is 32.0 Å². The molecule has 3 aromatic carbocycles. The third-order valence-corrected chi connectivity index (χ3v) is 5.32. The molecule has 0 aromatic heterocycles. The first-order chi connectivity index (χ1) is 14.9. The van der Waals surface area contributed by atoms with Crippen molar-refractivity contribution in [3.05, 3.63) is 92.5 Å². The Labute approximate surface area is 191 Å². The van der Waals surface area contributed by atoms with Gasteiger partial charge in [-0.3, -0.25) is 4.79 Å². The fourth-order valence-corrected chi connectivity index (χ4v) is 3.45. The topological polar surface area (TPSA) is 59.9 Å². The molecule has 0 radical (unpaired) electrons. The Bertz CT molecular complexity index is 1110. The van der Waals surface area contributed by atoms with Gasteiger partial charge in [-0.1, -0.05) is 41.4 Å². The summed E-state index contributed by atoms with van der Waals surface area (Å²) in [6.07, 6.45) is 1.59. The lowest BCUT2D eigenvalue weighted by molar-refractivity contribution is 0.0952. The Balaban J connectivity index is 1.66. The van der Waals surface area contributed by atoms with Gasteiger partial charge in [0.05, 0.1) is 28.9 Å². The molecule has 0 aliphatic rings. The van der Waals surface area contributed by atoms with E-state index in [1.165, 1.54) is 7.11 Å². The summed E-state index contributed by atoms with van der Waals surface area (Å²) in [6, 6.07) is 16.3. The molecule has 3 aromatic rings. The van der Waals surface area contributed by atoms with Crippen LogP contribution in [0.3, 0.4) is 0 Å². The number of amides is 1. The van der Waals surface area contributed by atoms with Crippen molar-refractivity contribution in [3.63, 3.8) is 0 Å². The summed E-state index contributed by atoms with van der Waals surface area (Å²) >= 11 is 12.0. The minimum atomic E-state index is -0.344. The maximum absolute atomic E-state index is 12.3. The van der Waals surface area contributed by atoms with Crippen LogP contribution in [0, 0.1) is 13.8 Å². The lowest BCUT2D eigenvalue weighted by atomic mass is 10.1. The third kappa shape index (κ3) is 5.78. The fraction of sp³-hybridized carbons (Fsp3) is 0.167. The number of ether oxygens (including phenoxy) is 2. The molecule has 160 valence electrons. The highest BCUT2D eigenvalue weighted by Crippen LogP contribution is 2.27. The molecule has 1 N–H and O–H groups in total. The van der Waals surface area contributed by atoms with Crippen LogP contribution in [0.5, 0.6) is 11.5 Å². The van der Waals surface area contributed by atoms with E-state index in [4.69, 9.17) is 32.7 Å². The Kier molecular flexibility index (Phi) is 7.55. The van der Waals surface area contributed by atoms with Crippen molar-refractivity contribution in [1.29, 1.82) is 0 Å². The van der Waals surface area contributed by atoms with Gasteiger partial charge in [-0.2, -0.15) is 5.10 Å². The standard InChI is InChI=1S/C24H22Cl2N2O3/c1-15-10-18(13-27-28-24(29)19-6-4-5-7-22(19)30-3)11-16(2)23(15)31-14-17-8-9-20(25)21(26)12-17/h4-13H,14H2,1-3H3,(H,28,29)/b27-13-. The molecular formula is C24H22Cl2N2O3. The molecule has 7 heteroatoms. The van der Waals surface area contributed by atoms with Crippen molar-refractivity contribution in [3.8, 4) is 11.5 Å². The summed E-state index contributed by atoms with van der Waals surface area (Å²) in [5, 5.41) is 5.08. The Hall–Kier alpha value is -3.02. The van der Waals surface area contributed by atoms with Crippen LogP contribution in [-0.4, -0.2) is 19.2 Å². The van der Waals surface area contributed by atoms with Crippen molar-refractivity contribution in [2.24, 2.45) is 5.10 Å². The Morgan fingerprint density at radius 1 is 1.03 bits per heavy atom. The monoisotopic (exact) mass is 456 g/mol. The molecule has 0 spiro atoms. The van der Waals surface area contributed by atoms with E-state index >= 15 is 0 Å². The number of aryl methyl sites for hydroxylation is 2. The number of carbonyl (C=O) groups excluding carboxylic acids is 1. The molecule has 1 amide bonds. The van der Waals surface area contributed by atoms with Crippen LogP contribution < -0.4 is 14.9 Å². The van der Waals surface area contributed by atoms with Gasteiger partial charge in [-0.25, -0.2) is 5.43 Å². The van der Waals surface area contributed by atoms with Crippen molar-refractivity contribution >= 4 is 35.3 Å². The smallest absolute Gasteiger partial charge is 0.275 e. The maximum atomic E-state index is 12.3. The molecule has 31 heavy (non-hydrogen) atoms. The number of benzene rings is 3. The van der Waals surface area contributed by atoms with Crippen LogP contribution in [0.2, 0.25) is 10.0 Å². The Morgan fingerprint density at radius 2 is 1.74 bits per heavy atom. The first-order valence-electron chi connectivity index (χ1n) is 9.53. The predicted molar refractivity (Wildman–Crippen MR) is 125 cm³/mol. The molecule has 0 saturated carbocycles. The number of nitrogens with one attached hydrogen (secondary N) is 1. The van der Waals surface area contributed by atoms with Gasteiger partial charge in [-0.15, -0.1) is 0 Å². The zero-order chi connectivity index (χ0) is 22.4. The summed E-state index contributed by atoms with van der Waals surface area (Å²) in [5.74, 6) is 0.940. The predicted octanol–water partition coefficient (Wildman–Crippen LogP) is 5.96. The van der Waals surface area contributed by atoms with Crippen LogP contribution in [-0.2, 0) is 6.61 Å². The lowest BCUT2D eigenvalue weighted by Crippen LogP contribution is -2.18. The van der Waals surface area contributed by atoms with Crippen LogP contribution in [0.4, 0.5) is 0 Å².